The van der Waals surface area contributed by atoms with Crippen LogP contribution in [-0.4, -0.2) is 12.5 Å². The minimum absolute atomic E-state index is 0.00736. The topological polar surface area (TPSA) is 29.1 Å². The van der Waals surface area contributed by atoms with E-state index in [-0.39, 0.29) is 11.3 Å². The fraction of sp³-hybridized carbons (Fsp3) is 0.235. The van der Waals surface area contributed by atoms with E-state index in [2.05, 4.69) is 21.2 Å². The third-order valence-corrected chi connectivity index (χ3v) is 5.20. The second kappa shape index (κ2) is 5.82. The van der Waals surface area contributed by atoms with Gasteiger partial charge in [-0.25, -0.2) is 0 Å². The fourth-order valence-electron chi connectivity index (χ4n) is 2.55. The van der Waals surface area contributed by atoms with E-state index in [0.29, 0.717) is 6.54 Å². The lowest BCUT2D eigenvalue weighted by molar-refractivity contribution is 0.0946. The van der Waals surface area contributed by atoms with Crippen LogP contribution in [0.25, 0.3) is 0 Å². The highest BCUT2D eigenvalue weighted by Gasteiger charge is 2.19. The molecule has 0 aliphatic carbocycles. The number of aryl methyl sites for hydroxylation is 1. The van der Waals surface area contributed by atoms with Gasteiger partial charge in [0.25, 0.3) is 5.91 Å². The van der Waals surface area contributed by atoms with Gasteiger partial charge in [-0.2, -0.15) is 0 Å². The molecule has 1 aliphatic rings. The Morgan fingerprint density at radius 1 is 1.19 bits per heavy atom. The Bertz CT molecular complexity index is 714. The molecule has 1 unspecified atom stereocenters. The van der Waals surface area contributed by atoms with Crippen LogP contribution >= 0.6 is 27.5 Å². The summed E-state index contributed by atoms with van der Waals surface area (Å²) in [5.41, 5.74) is 4.98. The normalized spacial score (nSPS) is 15.3. The predicted molar refractivity (Wildman–Crippen MR) is 89.1 cm³/mol. The molecule has 0 radical (unpaired) electrons. The summed E-state index contributed by atoms with van der Waals surface area (Å²) in [7, 11) is 0. The van der Waals surface area contributed by atoms with Gasteiger partial charge < -0.3 is 5.32 Å². The molecule has 2 aromatic rings. The molecule has 2 nitrogen and oxygen atoms in total. The number of nitrogens with one attached hydrogen (secondary N) is 1. The lowest BCUT2D eigenvalue weighted by atomic mass is 9.95. The van der Waals surface area contributed by atoms with Crippen LogP contribution in [0.4, 0.5) is 0 Å². The summed E-state index contributed by atoms with van der Waals surface area (Å²) in [6.45, 7) is 2.75. The summed E-state index contributed by atoms with van der Waals surface area (Å²) in [6, 6.07) is 12.0. The van der Waals surface area contributed by atoms with Gasteiger partial charge in [0, 0.05) is 16.6 Å². The van der Waals surface area contributed by atoms with Crippen molar-refractivity contribution in [3.05, 3.63) is 68.7 Å². The first kappa shape index (κ1) is 14.6. The lowest BCUT2D eigenvalue weighted by Gasteiger charge is -2.19. The fourth-order valence-corrected chi connectivity index (χ4v) is 3.21. The third kappa shape index (κ3) is 2.85. The van der Waals surface area contributed by atoms with E-state index in [0.717, 1.165) is 33.1 Å². The lowest BCUT2D eigenvalue weighted by Crippen LogP contribution is -2.31. The molecule has 1 aliphatic heterocycles. The summed E-state index contributed by atoms with van der Waals surface area (Å²) < 4.78 is 1.04. The summed E-state index contributed by atoms with van der Waals surface area (Å²) in [5, 5.41) is 2.61. The number of amides is 1. The molecule has 1 atom stereocenters. The minimum Gasteiger partial charge on any atom is -0.352 e. The van der Waals surface area contributed by atoms with Crippen LogP contribution in [0.15, 0.2) is 40.9 Å². The highest BCUT2D eigenvalue weighted by molar-refractivity contribution is 9.10. The van der Waals surface area contributed by atoms with Crippen LogP contribution in [0, 0.1) is 6.92 Å². The summed E-state index contributed by atoms with van der Waals surface area (Å²) in [5.74, 6) is -0.00736. The van der Waals surface area contributed by atoms with Crippen LogP contribution in [0.5, 0.6) is 0 Å². The monoisotopic (exact) mass is 363 g/mol. The second-order valence-corrected chi connectivity index (χ2v) is 6.58. The molecule has 1 N–H and O–H groups in total. The Hall–Kier alpha value is -1.32. The van der Waals surface area contributed by atoms with Gasteiger partial charge in [-0.3, -0.25) is 4.79 Å². The van der Waals surface area contributed by atoms with Crippen molar-refractivity contribution in [2.45, 2.75) is 18.7 Å². The maximum atomic E-state index is 11.9. The first-order chi connectivity index (χ1) is 10.1. The van der Waals surface area contributed by atoms with Gasteiger partial charge >= 0.3 is 0 Å². The molecule has 0 aromatic heterocycles. The van der Waals surface area contributed by atoms with Crippen LogP contribution in [0.1, 0.15) is 38.0 Å². The number of fused-ring (bicyclic) bond motifs is 1. The molecule has 2 aromatic carbocycles. The number of rotatable bonds is 2. The molecule has 0 saturated heterocycles. The Morgan fingerprint density at radius 2 is 1.90 bits per heavy atom. The Morgan fingerprint density at radius 3 is 2.67 bits per heavy atom. The van der Waals surface area contributed by atoms with E-state index >= 15 is 0 Å². The van der Waals surface area contributed by atoms with Gasteiger partial charge in [0.05, 0.1) is 5.38 Å². The van der Waals surface area contributed by atoms with E-state index in [1.54, 1.807) is 0 Å². The maximum absolute atomic E-state index is 11.9. The van der Waals surface area contributed by atoms with E-state index < -0.39 is 0 Å². The van der Waals surface area contributed by atoms with Gasteiger partial charge in [0.15, 0.2) is 0 Å². The standard InChI is InChI=1S/C17H15BrClNO/c1-10-2-3-13(9-15(10)18)16(19)12-5-4-11-6-7-20-17(21)14(11)8-12/h2-5,8-9,16H,6-7H2,1H3,(H,20,21). The van der Waals surface area contributed by atoms with Gasteiger partial charge in [0.1, 0.15) is 0 Å². The average Bonchev–Trinajstić information content (AvgIpc) is 2.49. The third-order valence-electron chi connectivity index (χ3n) is 3.84. The number of alkyl halides is 1. The summed E-state index contributed by atoms with van der Waals surface area (Å²) in [6.07, 6.45) is 0.879. The molecular formula is C17H15BrClNO. The first-order valence-corrected chi connectivity index (χ1v) is 8.10. The largest absolute Gasteiger partial charge is 0.352 e. The predicted octanol–water partition coefficient (Wildman–Crippen LogP) is 4.37. The van der Waals surface area contributed by atoms with Crippen molar-refractivity contribution in [3.63, 3.8) is 0 Å². The molecule has 0 spiro atoms. The molecule has 1 heterocycles. The Balaban J connectivity index is 1.98. The van der Waals surface area contributed by atoms with Gasteiger partial charge in [0.2, 0.25) is 0 Å². The van der Waals surface area contributed by atoms with Gasteiger partial charge in [-0.1, -0.05) is 40.2 Å². The molecule has 0 saturated carbocycles. The van der Waals surface area contributed by atoms with Crippen molar-refractivity contribution in [2.75, 3.05) is 6.54 Å². The number of carbonyl (C=O) groups excluding carboxylic acids is 1. The van der Waals surface area contributed by atoms with Gasteiger partial charge in [-0.15, -0.1) is 11.6 Å². The minimum atomic E-state index is -0.262. The smallest absolute Gasteiger partial charge is 0.251 e. The van der Waals surface area contributed by atoms with Crippen molar-refractivity contribution >= 4 is 33.4 Å². The van der Waals surface area contributed by atoms with E-state index in [9.17, 15) is 4.79 Å². The number of halogens is 2. The SMILES string of the molecule is Cc1ccc(C(Cl)c2ccc3c(c2)C(=O)NCC3)cc1Br. The zero-order chi connectivity index (χ0) is 15.0. The molecule has 3 rings (SSSR count). The molecule has 4 heteroatoms. The summed E-state index contributed by atoms with van der Waals surface area (Å²) in [4.78, 5) is 11.9. The first-order valence-electron chi connectivity index (χ1n) is 6.87. The van der Waals surface area contributed by atoms with Gasteiger partial charge in [-0.05, 0) is 47.7 Å². The highest BCUT2D eigenvalue weighted by atomic mass is 79.9. The molecule has 1 amide bonds. The van der Waals surface area contributed by atoms with E-state index in [1.165, 1.54) is 5.56 Å². The van der Waals surface area contributed by atoms with Crippen molar-refractivity contribution < 1.29 is 4.79 Å². The number of hydrogen-bond donors (Lipinski definition) is 1. The number of carbonyl (C=O) groups is 1. The van der Waals surface area contributed by atoms with Crippen molar-refractivity contribution in [1.82, 2.24) is 5.32 Å². The molecular weight excluding hydrogens is 350 g/mol. The molecule has 21 heavy (non-hydrogen) atoms. The Labute approximate surface area is 137 Å². The van der Waals surface area contributed by atoms with E-state index in [4.69, 9.17) is 11.6 Å². The maximum Gasteiger partial charge on any atom is 0.251 e. The highest BCUT2D eigenvalue weighted by Crippen LogP contribution is 2.32. The van der Waals surface area contributed by atoms with Crippen molar-refractivity contribution in [3.8, 4) is 0 Å². The van der Waals surface area contributed by atoms with Crippen LogP contribution in [0.2, 0.25) is 0 Å². The second-order valence-electron chi connectivity index (χ2n) is 5.29. The Kier molecular flexibility index (Phi) is 4.05. The number of benzene rings is 2. The van der Waals surface area contributed by atoms with Crippen LogP contribution in [0.3, 0.4) is 0 Å². The quantitative estimate of drug-likeness (QED) is 0.788. The zero-order valence-electron chi connectivity index (χ0n) is 11.6. The molecule has 0 fully saturated rings. The molecule has 0 bridgehead atoms. The number of hydrogen-bond acceptors (Lipinski definition) is 1. The van der Waals surface area contributed by atoms with E-state index in [1.807, 2.05) is 43.3 Å². The summed E-state index contributed by atoms with van der Waals surface area (Å²) >= 11 is 10.1. The average molecular weight is 365 g/mol. The van der Waals surface area contributed by atoms with Crippen molar-refractivity contribution in [1.29, 1.82) is 0 Å². The molecule has 108 valence electrons. The van der Waals surface area contributed by atoms with Crippen LogP contribution < -0.4 is 5.32 Å². The van der Waals surface area contributed by atoms with Crippen LogP contribution in [-0.2, 0) is 6.42 Å². The zero-order valence-corrected chi connectivity index (χ0v) is 14.0. The van der Waals surface area contributed by atoms with Crippen molar-refractivity contribution in [2.24, 2.45) is 0 Å².